The third-order valence-corrected chi connectivity index (χ3v) is 5.54. The molecular formula is C24H20ClFN4OS. The van der Waals surface area contributed by atoms with E-state index < -0.39 is 12.0 Å². The number of thiocarbonyl (C=S) groups is 1. The third-order valence-electron chi connectivity index (χ3n) is 5.09. The summed E-state index contributed by atoms with van der Waals surface area (Å²) in [6.45, 7) is 1.80. The molecule has 2 N–H and O–H groups in total. The Hall–Kier alpha value is -3.29. The molecule has 5 nitrogen and oxygen atoms in total. The smallest absolute Gasteiger partial charge is 0.272 e. The van der Waals surface area contributed by atoms with E-state index in [0.717, 1.165) is 16.7 Å². The summed E-state index contributed by atoms with van der Waals surface area (Å²) in [4.78, 5) is 19.5. The molecule has 0 fully saturated rings. The Morgan fingerprint density at radius 2 is 1.88 bits per heavy atom. The Labute approximate surface area is 195 Å². The molecule has 162 valence electrons. The van der Waals surface area contributed by atoms with Crippen molar-refractivity contribution in [1.82, 2.24) is 5.32 Å². The van der Waals surface area contributed by atoms with E-state index in [-0.39, 0.29) is 16.7 Å². The molecule has 0 aliphatic carbocycles. The standard InChI is InChI=1S/C24H20ClFN4OS/c1-14-8-10-19(18(26)12-14)27-24(32)29-22-23(31)30(2)20-11-9-16(25)13-17(20)21(28-22)15-6-4-3-5-7-15/h3-13,22H,1-2H3,(H2,27,29,32). The molecule has 3 aromatic carbocycles. The molecule has 3 aromatic rings. The summed E-state index contributed by atoms with van der Waals surface area (Å²) < 4.78 is 14.2. The number of nitrogens with zero attached hydrogens (tertiary/aromatic N) is 2. The number of carbonyl (C=O) groups excluding carboxylic acids is 1. The number of amides is 1. The first-order valence-electron chi connectivity index (χ1n) is 9.88. The van der Waals surface area contributed by atoms with E-state index >= 15 is 0 Å². The van der Waals surface area contributed by atoms with E-state index in [4.69, 9.17) is 28.8 Å². The minimum Gasteiger partial charge on any atom is -0.333 e. The molecule has 1 aliphatic heterocycles. The number of aliphatic imine (C=N–C) groups is 1. The Morgan fingerprint density at radius 3 is 2.59 bits per heavy atom. The van der Waals surface area contributed by atoms with Gasteiger partial charge in [0.15, 0.2) is 5.11 Å². The van der Waals surface area contributed by atoms with Crippen molar-refractivity contribution in [1.29, 1.82) is 0 Å². The van der Waals surface area contributed by atoms with E-state index in [0.29, 0.717) is 16.4 Å². The molecule has 1 unspecified atom stereocenters. The van der Waals surface area contributed by atoms with Crippen molar-refractivity contribution < 1.29 is 9.18 Å². The Morgan fingerprint density at radius 1 is 1.12 bits per heavy atom. The first-order chi connectivity index (χ1) is 15.3. The summed E-state index contributed by atoms with van der Waals surface area (Å²) in [6.07, 6.45) is -1.02. The lowest BCUT2D eigenvalue weighted by Crippen LogP contribution is -2.47. The van der Waals surface area contributed by atoms with Crippen LogP contribution >= 0.6 is 23.8 Å². The Kier molecular flexibility index (Phi) is 6.21. The number of hydrogen-bond donors (Lipinski definition) is 2. The fourth-order valence-electron chi connectivity index (χ4n) is 3.47. The molecular weight excluding hydrogens is 447 g/mol. The molecule has 32 heavy (non-hydrogen) atoms. The molecule has 0 saturated carbocycles. The number of aryl methyl sites for hydroxylation is 1. The van der Waals surface area contributed by atoms with E-state index in [1.807, 2.05) is 30.3 Å². The first-order valence-corrected chi connectivity index (χ1v) is 10.7. The summed E-state index contributed by atoms with van der Waals surface area (Å²) >= 11 is 11.6. The number of halogens is 2. The van der Waals surface area contributed by atoms with Crippen molar-refractivity contribution in [2.75, 3.05) is 17.3 Å². The van der Waals surface area contributed by atoms with Gasteiger partial charge in [-0.25, -0.2) is 9.38 Å². The third kappa shape index (κ3) is 4.49. The van der Waals surface area contributed by atoms with Gasteiger partial charge in [0.05, 0.1) is 17.1 Å². The zero-order valence-electron chi connectivity index (χ0n) is 17.4. The summed E-state index contributed by atoms with van der Waals surface area (Å²) in [6, 6.07) is 19.6. The van der Waals surface area contributed by atoms with Crippen LogP contribution in [-0.2, 0) is 4.79 Å². The molecule has 1 amide bonds. The predicted octanol–water partition coefficient (Wildman–Crippen LogP) is 4.91. The van der Waals surface area contributed by atoms with Crippen molar-refractivity contribution >= 4 is 51.9 Å². The number of anilines is 2. The minimum atomic E-state index is -1.02. The van der Waals surface area contributed by atoms with Crippen LogP contribution in [0.25, 0.3) is 0 Å². The number of rotatable bonds is 3. The molecule has 1 atom stereocenters. The zero-order valence-corrected chi connectivity index (χ0v) is 19.0. The van der Waals surface area contributed by atoms with Gasteiger partial charge in [-0.05, 0) is 55.0 Å². The SMILES string of the molecule is Cc1ccc(NC(=S)NC2N=C(c3ccccc3)c3cc(Cl)ccc3N(C)C2=O)c(F)c1. The molecule has 0 radical (unpaired) electrons. The van der Waals surface area contributed by atoms with E-state index in [1.54, 1.807) is 44.3 Å². The maximum absolute atomic E-state index is 14.2. The quantitative estimate of drug-likeness (QED) is 0.538. The molecule has 0 saturated heterocycles. The van der Waals surface area contributed by atoms with Crippen LogP contribution in [0, 0.1) is 12.7 Å². The predicted molar refractivity (Wildman–Crippen MR) is 131 cm³/mol. The second-order valence-corrected chi connectivity index (χ2v) is 8.23. The molecule has 0 aromatic heterocycles. The van der Waals surface area contributed by atoms with E-state index in [2.05, 4.69) is 10.6 Å². The fourth-order valence-corrected chi connectivity index (χ4v) is 3.86. The normalized spacial score (nSPS) is 15.5. The number of nitrogens with one attached hydrogen (secondary N) is 2. The van der Waals surface area contributed by atoms with Crippen molar-refractivity contribution in [2.24, 2.45) is 4.99 Å². The van der Waals surface area contributed by atoms with Crippen molar-refractivity contribution in [3.05, 3.63) is 94.3 Å². The molecule has 8 heteroatoms. The summed E-state index contributed by atoms with van der Waals surface area (Å²) in [5, 5.41) is 6.35. The topological polar surface area (TPSA) is 56.7 Å². The Balaban J connectivity index is 1.71. The van der Waals surface area contributed by atoms with Gasteiger partial charge in [-0.3, -0.25) is 4.79 Å². The lowest BCUT2D eigenvalue weighted by molar-refractivity contribution is -0.119. The highest BCUT2D eigenvalue weighted by Gasteiger charge is 2.30. The van der Waals surface area contributed by atoms with Crippen LogP contribution in [0.4, 0.5) is 15.8 Å². The van der Waals surface area contributed by atoms with Gasteiger partial charge in [0.2, 0.25) is 6.17 Å². The van der Waals surface area contributed by atoms with Crippen molar-refractivity contribution in [2.45, 2.75) is 13.1 Å². The number of carbonyl (C=O) groups is 1. The number of benzodiazepines with no additional fused rings is 1. The van der Waals surface area contributed by atoms with Crippen LogP contribution < -0.4 is 15.5 Å². The van der Waals surface area contributed by atoms with Gasteiger partial charge < -0.3 is 15.5 Å². The molecule has 4 rings (SSSR count). The van der Waals surface area contributed by atoms with E-state index in [1.165, 1.54) is 11.0 Å². The van der Waals surface area contributed by atoms with Gasteiger partial charge in [-0.1, -0.05) is 48.0 Å². The molecule has 0 spiro atoms. The second kappa shape index (κ2) is 9.06. The number of benzene rings is 3. The summed E-state index contributed by atoms with van der Waals surface area (Å²) in [7, 11) is 1.67. The van der Waals surface area contributed by atoms with Gasteiger partial charge in [0.25, 0.3) is 5.91 Å². The van der Waals surface area contributed by atoms with Crippen molar-refractivity contribution in [3.63, 3.8) is 0 Å². The van der Waals surface area contributed by atoms with Crippen LogP contribution in [0.15, 0.2) is 71.7 Å². The summed E-state index contributed by atoms with van der Waals surface area (Å²) in [5.41, 5.74) is 3.84. The van der Waals surface area contributed by atoms with Gasteiger partial charge in [-0.15, -0.1) is 0 Å². The average molecular weight is 467 g/mol. The van der Waals surface area contributed by atoms with Gasteiger partial charge in [0, 0.05) is 23.2 Å². The first kappa shape index (κ1) is 21.9. The highest BCUT2D eigenvalue weighted by Crippen LogP contribution is 2.30. The highest BCUT2D eigenvalue weighted by atomic mass is 35.5. The van der Waals surface area contributed by atoms with Gasteiger partial charge in [0.1, 0.15) is 5.82 Å². The lowest BCUT2D eigenvalue weighted by atomic mass is 10.0. The minimum absolute atomic E-state index is 0.0830. The maximum atomic E-state index is 14.2. The van der Waals surface area contributed by atoms with Crippen LogP contribution in [0.1, 0.15) is 16.7 Å². The fraction of sp³-hybridized carbons (Fsp3) is 0.125. The van der Waals surface area contributed by atoms with E-state index in [9.17, 15) is 9.18 Å². The molecule has 1 heterocycles. The van der Waals surface area contributed by atoms with Crippen molar-refractivity contribution in [3.8, 4) is 0 Å². The monoisotopic (exact) mass is 466 g/mol. The van der Waals surface area contributed by atoms with Gasteiger partial charge >= 0.3 is 0 Å². The molecule has 0 bridgehead atoms. The number of likely N-dealkylation sites (N-methyl/N-ethyl adjacent to an activating group) is 1. The van der Waals surface area contributed by atoms with Crippen LogP contribution in [0.5, 0.6) is 0 Å². The average Bonchev–Trinajstić information content (AvgIpc) is 2.87. The Bertz CT molecular complexity index is 1230. The van der Waals surface area contributed by atoms with Crippen LogP contribution in [0.2, 0.25) is 5.02 Å². The zero-order chi connectivity index (χ0) is 22.8. The maximum Gasteiger partial charge on any atom is 0.272 e. The summed E-state index contributed by atoms with van der Waals surface area (Å²) in [5.74, 6) is -0.748. The van der Waals surface area contributed by atoms with Gasteiger partial charge in [-0.2, -0.15) is 0 Å². The number of fused-ring (bicyclic) bond motifs is 1. The largest absolute Gasteiger partial charge is 0.333 e. The number of hydrogen-bond acceptors (Lipinski definition) is 3. The van der Waals surface area contributed by atoms with Crippen LogP contribution in [0.3, 0.4) is 0 Å². The second-order valence-electron chi connectivity index (χ2n) is 7.39. The van der Waals surface area contributed by atoms with Crippen LogP contribution in [-0.4, -0.2) is 29.9 Å². The highest BCUT2D eigenvalue weighted by molar-refractivity contribution is 7.80. The lowest BCUT2D eigenvalue weighted by Gasteiger charge is -2.22. The molecule has 1 aliphatic rings.